The number of fused-ring (bicyclic) bond motifs is 1. The fourth-order valence-electron chi connectivity index (χ4n) is 2.85. The topological polar surface area (TPSA) is 24.9 Å². The summed E-state index contributed by atoms with van der Waals surface area (Å²) in [5.74, 6) is 0.960. The minimum atomic E-state index is 0.901. The molecule has 0 unspecified atom stereocenters. The molecule has 2 heterocycles. The molecule has 0 amide bonds. The third-order valence-corrected chi connectivity index (χ3v) is 4.38. The zero-order valence-corrected chi connectivity index (χ0v) is 14.9. The summed E-state index contributed by atoms with van der Waals surface area (Å²) >= 11 is 0. The third-order valence-electron chi connectivity index (χ3n) is 4.38. The second-order valence-electron chi connectivity index (χ2n) is 6.26. The Bertz CT molecular complexity index is 855. The molecule has 1 aliphatic rings. The summed E-state index contributed by atoms with van der Waals surface area (Å²) in [6, 6.07) is 14.8. The minimum absolute atomic E-state index is 0.901. The van der Waals surface area contributed by atoms with Crippen molar-refractivity contribution in [2.45, 2.75) is 20.3 Å². The van der Waals surface area contributed by atoms with Crippen LogP contribution in [0.15, 0.2) is 78.9 Å². The van der Waals surface area contributed by atoms with E-state index in [0.29, 0.717) is 0 Å². The number of benzene rings is 1. The van der Waals surface area contributed by atoms with E-state index < -0.39 is 0 Å². The van der Waals surface area contributed by atoms with Crippen molar-refractivity contribution in [3.05, 3.63) is 95.7 Å². The number of aromatic nitrogens is 1. The Kier molecular flexibility index (Phi) is 5.30. The number of hydrogen-bond acceptors (Lipinski definition) is 2. The highest BCUT2D eigenvalue weighted by molar-refractivity contribution is 5.86. The Morgan fingerprint density at radius 1 is 1.08 bits per heavy atom. The lowest BCUT2D eigenvalue weighted by atomic mass is 9.97. The summed E-state index contributed by atoms with van der Waals surface area (Å²) in [6.07, 6.45) is 9.31. The molecule has 126 valence electrons. The molecule has 1 aromatic carbocycles. The van der Waals surface area contributed by atoms with Gasteiger partial charge in [-0.3, -0.25) is 0 Å². The van der Waals surface area contributed by atoms with Crippen molar-refractivity contribution in [3.63, 3.8) is 0 Å². The van der Waals surface area contributed by atoms with Crippen LogP contribution in [0.2, 0.25) is 0 Å². The van der Waals surface area contributed by atoms with E-state index in [1.807, 2.05) is 19.1 Å². The summed E-state index contributed by atoms with van der Waals surface area (Å²) in [6.45, 7) is 8.82. The van der Waals surface area contributed by atoms with E-state index >= 15 is 0 Å². The second kappa shape index (κ2) is 7.80. The molecular formula is C23H24N2. The first-order chi connectivity index (χ1) is 12.2. The van der Waals surface area contributed by atoms with Gasteiger partial charge in [0.15, 0.2) is 0 Å². The summed E-state index contributed by atoms with van der Waals surface area (Å²) in [5.41, 5.74) is 6.93. The van der Waals surface area contributed by atoms with E-state index in [4.69, 9.17) is 4.98 Å². The van der Waals surface area contributed by atoms with Crippen molar-refractivity contribution in [2.24, 2.45) is 0 Å². The molecule has 1 aromatic heterocycles. The fourth-order valence-corrected chi connectivity index (χ4v) is 2.85. The Labute approximate surface area is 150 Å². The number of rotatable bonds is 4. The Balaban J connectivity index is 1.99. The first-order valence-corrected chi connectivity index (χ1v) is 8.68. The van der Waals surface area contributed by atoms with Crippen molar-refractivity contribution in [1.82, 2.24) is 4.98 Å². The third kappa shape index (κ3) is 3.97. The van der Waals surface area contributed by atoms with Crippen LogP contribution in [0, 0.1) is 0 Å². The van der Waals surface area contributed by atoms with Gasteiger partial charge in [0.1, 0.15) is 5.82 Å². The van der Waals surface area contributed by atoms with E-state index in [1.165, 1.54) is 11.1 Å². The summed E-state index contributed by atoms with van der Waals surface area (Å²) in [7, 11) is 0. The fraction of sp³-hybridized carbons (Fsp3) is 0.174. The number of pyridine rings is 1. The van der Waals surface area contributed by atoms with E-state index in [2.05, 4.69) is 73.4 Å². The highest BCUT2D eigenvalue weighted by Crippen LogP contribution is 2.32. The van der Waals surface area contributed by atoms with Gasteiger partial charge in [-0.25, -0.2) is 4.98 Å². The molecule has 0 saturated heterocycles. The van der Waals surface area contributed by atoms with E-state index in [-0.39, 0.29) is 0 Å². The smallest absolute Gasteiger partial charge is 0.134 e. The van der Waals surface area contributed by atoms with Crippen molar-refractivity contribution in [2.75, 3.05) is 11.9 Å². The van der Waals surface area contributed by atoms with Gasteiger partial charge in [-0.1, -0.05) is 66.8 Å². The summed E-state index contributed by atoms with van der Waals surface area (Å²) < 4.78 is 0. The van der Waals surface area contributed by atoms with E-state index in [1.54, 1.807) is 0 Å². The van der Waals surface area contributed by atoms with Crippen LogP contribution in [0.4, 0.5) is 5.82 Å². The quantitative estimate of drug-likeness (QED) is 0.711. The zero-order chi connectivity index (χ0) is 17.6. The summed E-state index contributed by atoms with van der Waals surface area (Å²) in [5, 5.41) is 3.47. The molecule has 1 aliphatic heterocycles. The maximum absolute atomic E-state index is 4.88. The number of nitrogens with one attached hydrogen (secondary N) is 1. The molecular weight excluding hydrogens is 304 g/mol. The van der Waals surface area contributed by atoms with Gasteiger partial charge < -0.3 is 5.32 Å². The number of anilines is 1. The molecule has 0 aliphatic carbocycles. The van der Waals surface area contributed by atoms with Crippen LogP contribution in [0.1, 0.15) is 37.1 Å². The van der Waals surface area contributed by atoms with Crippen molar-refractivity contribution >= 4 is 17.0 Å². The van der Waals surface area contributed by atoms with Crippen LogP contribution in [0.3, 0.4) is 0 Å². The predicted molar refractivity (Wildman–Crippen MR) is 108 cm³/mol. The van der Waals surface area contributed by atoms with Gasteiger partial charge in [-0.05, 0) is 49.1 Å². The first kappa shape index (κ1) is 17.0. The van der Waals surface area contributed by atoms with Crippen LogP contribution in [0.5, 0.6) is 0 Å². The largest absolute Gasteiger partial charge is 0.369 e. The van der Waals surface area contributed by atoms with Gasteiger partial charge in [-0.15, -0.1) is 0 Å². The molecule has 0 bridgehead atoms. The molecule has 0 radical (unpaired) electrons. The number of nitrogens with zero attached hydrogens (tertiary/aromatic N) is 1. The normalized spacial score (nSPS) is 14.9. The van der Waals surface area contributed by atoms with Gasteiger partial charge in [0.25, 0.3) is 0 Å². The van der Waals surface area contributed by atoms with Crippen molar-refractivity contribution in [3.8, 4) is 0 Å². The SMILES string of the molecule is C=C/C(C)=C\C=C(/C)c1ccc2c(n1)NCCC=C2c1ccccc1. The zero-order valence-electron chi connectivity index (χ0n) is 14.9. The average molecular weight is 328 g/mol. The van der Waals surface area contributed by atoms with Crippen LogP contribution >= 0.6 is 0 Å². The van der Waals surface area contributed by atoms with Crippen molar-refractivity contribution < 1.29 is 0 Å². The van der Waals surface area contributed by atoms with Gasteiger partial charge in [0, 0.05) is 12.1 Å². The van der Waals surface area contributed by atoms with Crippen LogP contribution in [0.25, 0.3) is 11.1 Å². The van der Waals surface area contributed by atoms with Gasteiger partial charge in [-0.2, -0.15) is 0 Å². The lowest BCUT2D eigenvalue weighted by molar-refractivity contribution is 1.06. The number of allylic oxidation sites excluding steroid dienone is 5. The molecule has 2 nitrogen and oxygen atoms in total. The van der Waals surface area contributed by atoms with Crippen molar-refractivity contribution in [1.29, 1.82) is 0 Å². The maximum Gasteiger partial charge on any atom is 0.134 e. The van der Waals surface area contributed by atoms with Gasteiger partial charge >= 0.3 is 0 Å². The Hall–Kier alpha value is -2.87. The maximum atomic E-state index is 4.88. The highest BCUT2D eigenvalue weighted by Gasteiger charge is 2.14. The summed E-state index contributed by atoms with van der Waals surface area (Å²) in [4.78, 5) is 4.88. The predicted octanol–water partition coefficient (Wildman–Crippen LogP) is 5.86. The molecule has 0 atom stereocenters. The highest BCUT2D eigenvalue weighted by atomic mass is 15.0. The Morgan fingerprint density at radius 3 is 2.64 bits per heavy atom. The molecule has 2 heteroatoms. The second-order valence-corrected chi connectivity index (χ2v) is 6.26. The molecule has 0 fully saturated rings. The van der Waals surface area contributed by atoms with Crippen LogP contribution in [-0.4, -0.2) is 11.5 Å². The monoisotopic (exact) mass is 328 g/mol. The lowest BCUT2D eigenvalue weighted by Crippen LogP contribution is -2.04. The standard InChI is InChI=1S/C23H24N2/c1-4-17(2)12-13-18(3)22-15-14-21-20(19-9-6-5-7-10-19)11-8-16-24-23(21)25-22/h4-7,9-15H,1,8,16H2,2-3H3,(H,24,25)/b17-12-,18-13+. The first-order valence-electron chi connectivity index (χ1n) is 8.68. The molecule has 0 spiro atoms. The van der Waals surface area contributed by atoms with Crippen LogP contribution in [-0.2, 0) is 0 Å². The molecule has 2 aromatic rings. The van der Waals surface area contributed by atoms with Crippen LogP contribution < -0.4 is 5.32 Å². The van der Waals surface area contributed by atoms with E-state index in [9.17, 15) is 0 Å². The van der Waals surface area contributed by atoms with Gasteiger partial charge in [0.05, 0.1) is 5.69 Å². The minimum Gasteiger partial charge on any atom is -0.369 e. The lowest BCUT2D eigenvalue weighted by Gasteiger charge is -2.13. The average Bonchev–Trinajstić information content (AvgIpc) is 2.88. The Morgan fingerprint density at radius 2 is 1.88 bits per heavy atom. The van der Waals surface area contributed by atoms with E-state index in [0.717, 1.165) is 41.2 Å². The molecule has 1 N–H and O–H groups in total. The molecule has 25 heavy (non-hydrogen) atoms. The number of hydrogen-bond donors (Lipinski definition) is 1. The molecule has 0 saturated carbocycles. The molecule has 3 rings (SSSR count). The van der Waals surface area contributed by atoms with Gasteiger partial charge in [0.2, 0.25) is 0 Å².